The molecular weight excluding hydrogens is 255 g/mol. The van der Waals surface area contributed by atoms with E-state index in [4.69, 9.17) is 0 Å². The molecule has 0 aromatic carbocycles. The van der Waals surface area contributed by atoms with Crippen LogP contribution in [-0.4, -0.2) is 22.7 Å². The summed E-state index contributed by atoms with van der Waals surface area (Å²) in [5.74, 6) is 0.517. The number of alkyl halides is 3. The molecule has 0 saturated carbocycles. The monoisotopic (exact) mass is 273 g/mol. The number of nitrogens with zero attached hydrogens (tertiary/aromatic N) is 2. The minimum Gasteiger partial charge on any atom is -0.311 e. The first-order valence-electron chi connectivity index (χ1n) is 6.53. The van der Waals surface area contributed by atoms with Gasteiger partial charge in [-0.05, 0) is 24.4 Å². The first-order valence-corrected chi connectivity index (χ1v) is 6.53. The van der Waals surface area contributed by atoms with Gasteiger partial charge in [-0.1, -0.05) is 13.8 Å². The Balaban J connectivity index is 2.28. The van der Waals surface area contributed by atoms with Gasteiger partial charge in [-0.2, -0.15) is 13.2 Å². The fourth-order valence-electron chi connectivity index (χ4n) is 2.28. The zero-order chi connectivity index (χ0) is 14.0. The van der Waals surface area contributed by atoms with Crippen molar-refractivity contribution in [3.63, 3.8) is 0 Å². The molecule has 3 nitrogen and oxygen atoms in total. The van der Waals surface area contributed by atoms with Crippen molar-refractivity contribution in [3.8, 4) is 0 Å². The fourth-order valence-corrected chi connectivity index (χ4v) is 2.28. The van der Waals surface area contributed by atoms with Crippen LogP contribution in [0.4, 0.5) is 13.2 Å². The van der Waals surface area contributed by atoms with Crippen molar-refractivity contribution < 1.29 is 13.2 Å². The summed E-state index contributed by atoms with van der Waals surface area (Å²) in [7, 11) is 0. The highest BCUT2D eigenvalue weighted by Gasteiger charge is 2.28. The van der Waals surface area contributed by atoms with E-state index in [1.807, 2.05) is 13.8 Å². The van der Waals surface area contributed by atoms with Crippen LogP contribution in [0.15, 0.2) is 0 Å². The van der Waals surface area contributed by atoms with Gasteiger partial charge in [0.25, 0.3) is 0 Å². The number of fused-ring (bicyclic) bond motifs is 1. The highest BCUT2D eigenvalue weighted by Crippen LogP contribution is 2.25. The van der Waals surface area contributed by atoms with Crippen molar-refractivity contribution in [2.45, 2.75) is 51.7 Å². The molecule has 106 valence electrons. The average Bonchev–Trinajstić information content (AvgIpc) is 2.34. The lowest BCUT2D eigenvalue weighted by Crippen LogP contribution is -2.27. The lowest BCUT2D eigenvalue weighted by molar-refractivity contribution is -0.134. The molecule has 6 heteroatoms. The number of rotatable bonds is 3. The molecule has 0 atom stereocenters. The van der Waals surface area contributed by atoms with Gasteiger partial charge in [-0.3, -0.25) is 0 Å². The molecular formula is C13H18F3N3. The summed E-state index contributed by atoms with van der Waals surface area (Å²) in [6.45, 7) is 5.52. The number of aromatic nitrogens is 2. The largest absolute Gasteiger partial charge is 0.389 e. The van der Waals surface area contributed by atoms with Crippen LogP contribution < -0.4 is 5.32 Å². The maximum atomic E-state index is 12.3. The van der Waals surface area contributed by atoms with Gasteiger partial charge in [-0.15, -0.1) is 0 Å². The van der Waals surface area contributed by atoms with Gasteiger partial charge in [0, 0.05) is 13.0 Å². The summed E-state index contributed by atoms with van der Waals surface area (Å²) in [5, 5.41) is 3.19. The minimum absolute atomic E-state index is 0.142. The third kappa shape index (κ3) is 3.65. The highest BCUT2D eigenvalue weighted by molar-refractivity contribution is 5.30. The van der Waals surface area contributed by atoms with Gasteiger partial charge >= 0.3 is 6.18 Å². The summed E-state index contributed by atoms with van der Waals surface area (Å²) < 4.78 is 36.8. The van der Waals surface area contributed by atoms with Crippen molar-refractivity contribution >= 4 is 0 Å². The lowest BCUT2D eigenvalue weighted by atomic mass is 9.97. The Morgan fingerprint density at radius 3 is 2.63 bits per heavy atom. The molecule has 0 bridgehead atoms. The van der Waals surface area contributed by atoms with Gasteiger partial charge in [0.15, 0.2) is 0 Å². The molecule has 2 rings (SSSR count). The summed E-state index contributed by atoms with van der Waals surface area (Å²) in [5.41, 5.74) is 2.88. The van der Waals surface area contributed by atoms with Crippen molar-refractivity contribution in [3.05, 3.63) is 22.8 Å². The maximum absolute atomic E-state index is 12.3. The average molecular weight is 273 g/mol. The highest BCUT2D eigenvalue weighted by atomic mass is 19.4. The Morgan fingerprint density at radius 2 is 2.00 bits per heavy atom. The first kappa shape index (κ1) is 14.2. The van der Waals surface area contributed by atoms with Crippen LogP contribution in [-0.2, 0) is 19.4 Å². The normalized spacial score (nSPS) is 15.7. The van der Waals surface area contributed by atoms with Gasteiger partial charge in [-0.25, -0.2) is 9.97 Å². The first-order chi connectivity index (χ1) is 8.87. The van der Waals surface area contributed by atoms with Crippen LogP contribution in [0.5, 0.6) is 0 Å². The Hall–Kier alpha value is -1.17. The molecule has 1 N–H and O–H groups in total. The fraction of sp³-hybridized carbons (Fsp3) is 0.692. The van der Waals surface area contributed by atoms with E-state index in [-0.39, 0.29) is 12.3 Å². The molecule has 1 aromatic rings. The molecule has 0 fully saturated rings. The van der Waals surface area contributed by atoms with Crippen molar-refractivity contribution in [2.24, 2.45) is 0 Å². The summed E-state index contributed by atoms with van der Waals surface area (Å²) >= 11 is 0. The molecule has 2 heterocycles. The smallest absolute Gasteiger partial charge is 0.311 e. The second-order valence-corrected chi connectivity index (χ2v) is 5.15. The molecule has 0 unspecified atom stereocenters. The number of halogens is 3. The summed E-state index contributed by atoms with van der Waals surface area (Å²) in [6.07, 6.45) is -4.31. The minimum atomic E-state index is -4.16. The number of hydrogen-bond donors (Lipinski definition) is 1. The zero-order valence-corrected chi connectivity index (χ0v) is 11.1. The number of hydrogen-bond acceptors (Lipinski definition) is 3. The molecule has 0 amide bonds. The third-order valence-electron chi connectivity index (χ3n) is 3.19. The summed E-state index contributed by atoms with van der Waals surface area (Å²) in [6, 6.07) is 0. The number of aryl methyl sites for hydroxylation is 1. The van der Waals surface area contributed by atoms with E-state index in [1.54, 1.807) is 0 Å². The Kier molecular flexibility index (Phi) is 4.08. The molecule has 19 heavy (non-hydrogen) atoms. The summed E-state index contributed by atoms with van der Waals surface area (Å²) in [4.78, 5) is 8.64. The van der Waals surface area contributed by atoms with Gasteiger partial charge in [0.05, 0.1) is 17.8 Å². The maximum Gasteiger partial charge on any atom is 0.389 e. The Bertz CT molecular complexity index is 455. The zero-order valence-electron chi connectivity index (χ0n) is 11.1. The van der Waals surface area contributed by atoms with E-state index in [2.05, 4.69) is 15.3 Å². The van der Waals surface area contributed by atoms with Crippen LogP contribution in [0.1, 0.15) is 49.0 Å². The second-order valence-electron chi connectivity index (χ2n) is 5.15. The topological polar surface area (TPSA) is 37.8 Å². The standard InChI is InChI=1S/C13H18F3N3/c1-8(2)12-9-4-6-17-7-10(9)18-11(19-12)3-5-13(14,15)16/h8,17H,3-7H2,1-2H3. The molecule has 0 saturated heterocycles. The van der Waals surface area contributed by atoms with Crippen LogP contribution >= 0.6 is 0 Å². The van der Waals surface area contributed by atoms with Crippen LogP contribution in [0.2, 0.25) is 0 Å². The predicted molar refractivity (Wildman–Crippen MR) is 65.9 cm³/mol. The third-order valence-corrected chi connectivity index (χ3v) is 3.19. The SMILES string of the molecule is CC(C)c1nc(CCC(F)(F)F)nc2c1CCNC2. The van der Waals surface area contributed by atoms with E-state index < -0.39 is 12.6 Å². The predicted octanol–water partition coefficient (Wildman–Crippen LogP) is 2.74. The van der Waals surface area contributed by atoms with Gasteiger partial charge in [0.2, 0.25) is 0 Å². The van der Waals surface area contributed by atoms with Crippen molar-refractivity contribution in [1.29, 1.82) is 0 Å². The molecule has 0 spiro atoms. The molecule has 1 aromatic heterocycles. The molecule has 1 aliphatic rings. The van der Waals surface area contributed by atoms with Crippen LogP contribution in [0, 0.1) is 0 Å². The second kappa shape index (κ2) is 5.45. The van der Waals surface area contributed by atoms with E-state index in [1.165, 1.54) is 0 Å². The van der Waals surface area contributed by atoms with E-state index in [0.29, 0.717) is 12.4 Å². The van der Waals surface area contributed by atoms with Crippen LogP contribution in [0.3, 0.4) is 0 Å². The van der Waals surface area contributed by atoms with E-state index in [9.17, 15) is 13.2 Å². The van der Waals surface area contributed by atoms with E-state index >= 15 is 0 Å². The molecule has 1 aliphatic heterocycles. The van der Waals surface area contributed by atoms with Crippen LogP contribution in [0.25, 0.3) is 0 Å². The Morgan fingerprint density at radius 1 is 1.26 bits per heavy atom. The van der Waals surface area contributed by atoms with Gasteiger partial charge < -0.3 is 5.32 Å². The Labute approximate surface area is 110 Å². The van der Waals surface area contributed by atoms with E-state index in [0.717, 1.165) is 29.9 Å². The van der Waals surface area contributed by atoms with Crippen molar-refractivity contribution in [2.75, 3.05) is 6.54 Å². The quantitative estimate of drug-likeness (QED) is 0.920. The van der Waals surface area contributed by atoms with Gasteiger partial charge in [0.1, 0.15) is 5.82 Å². The lowest BCUT2D eigenvalue weighted by Gasteiger charge is -2.21. The molecule has 0 radical (unpaired) electrons. The molecule has 0 aliphatic carbocycles. The number of nitrogens with one attached hydrogen (secondary N) is 1. The van der Waals surface area contributed by atoms with Crippen molar-refractivity contribution in [1.82, 2.24) is 15.3 Å².